The van der Waals surface area contributed by atoms with Crippen LogP contribution in [0.15, 0.2) is 85.1 Å². The smallest absolute Gasteiger partial charge is 0.305 e. The summed E-state index contributed by atoms with van der Waals surface area (Å²) < 4.78 is 16.7. The van der Waals surface area contributed by atoms with Crippen LogP contribution in [0.5, 0.6) is 0 Å². The van der Waals surface area contributed by atoms with E-state index < -0.39 is 49.5 Å². The van der Waals surface area contributed by atoms with Crippen molar-refractivity contribution in [2.45, 2.75) is 378 Å². The molecular formula is C78H139NO10. The van der Waals surface area contributed by atoms with E-state index in [1.54, 1.807) is 6.08 Å². The van der Waals surface area contributed by atoms with Crippen molar-refractivity contribution in [3.8, 4) is 0 Å². The van der Waals surface area contributed by atoms with Crippen LogP contribution in [0.4, 0.5) is 0 Å². The van der Waals surface area contributed by atoms with Crippen LogP contribution in [0, 0.1) is 0 Å². The van der Waals surface area contributed by atoms with Crippen LogP contribution < -0.4 is 5.32 Å². The summed E-state index contributed by atoms with van der Waals surface area (Å²) in [5.41, 5.74) is 0. The van der Waals surface area contributed by atoms with Crippen LogP contribution in [0.2, 0.25) is 0 Å². The second kappa shape index (κ2) is 66.3. The molecule has 1 heterocycles. The summed E-state index contributed by atoms with van der Waals surface area (Å²) in [7, 11) is 0. The van der Waals surface area contributed by atoms with Crippen molar-refractivity contribution >= 4 is 11.9 Å². The minimum Gasteiger partial charge on any atom is -0.466 e. The maximum absolute atomic E-state index is 13.0. The number of carbonyl (C=O) groups is 2. The van der Waals surface area contributed by atoms with Crippen LogP contribution in [0.25, 0.3) is 0 Å². The number of amides is 1. The molecule has 6 N–H and O–H groups in total. The van der Waals surface area contributed by atoms with Gasteiger partial charge in [-0.1, -0.05) is 298 Å². The summed E-state index contributed by atoms with van der Waals surface area (Å²) in [6, 6.07) is -0.833. The van der Waals surface area contributed by atoms with Gasteiger partial charge in [0.15, 0.2) is 6.29 Å². The van der Waals surface area contributed by atoms with E-state index in [4.69, 9.17) is 14.2 Å². The number of ether oxygens (including phenoxy) is 3. The molecule has 11 nitrogen and oxygen atoms in total. The first kappa shape index (κ1) is 83.9. The van der Waals surface area contributed by atoms with Crippen molar-refractivity contribution in [2.24, 2.45) is 0 Å². The largest absolute Gasteiger partial charge is 0.466 e. The maximum atomic E-state index is 13.0. The molecule has 1 aliphatic heterocycles. The Kier molecular flexibility index (Phi) is 62.5. The average Bonchev–Trinajstić information content (AvgIpc) is 3.11. The van der Waals surface area contributed by atoms with Crippen LogP contribution in [-0.4, -0.2) is 100 Å². The van der Waals surface area contributed by atoms with Crippen LogP contribution in [0.1, 0.15) is 335 Å². The molecule has 0 aliphatic carbocycles. The third kappa shape index (κ3) is 55.0. The first-order chi connectivity index (χ1) is 43.7. The summed E-state index contributed by atoms with van der Waals surface area (Å²) in [5, 5.41) is 54.3. The number of unbranched alkanes of at least 4 members (excludes halogenated alkanes) is 39. The number of nitrogens with one attached hydrogen (secondary N) is 1. The lowest BCUT2D eigenvalue weighted by molar-refractivity contribution is -0.302. The third-order valence-corrected chi connectivity index (χ3v) is 17.2. The van der Waals surface area contributed by atoms with Crippen molar-refractivity contribution in [1.82, 2.24) is 5.32 Å². The number of aliphatic hydroxyl groups is 5. The average molecular weight is 1250 g/mol. The first-order valence-corrected chi connectivity index (χ1v) is 37.4. The van der Waals surface area contributed by atoms with Crippen molar-refractivity contribution < 1.29 is 49.3 Å². The first-order valence-electron chi connectivity index (χ1n) is 37.4. The molecule has 1 rings (SSSR count). The van der Waals surface area contributed by atoms with Crippen LogP contribution in [-0.2, 0) is 23.8 Å². The number of esters is 1. The molecule has 1 fully saturated rings. The molecule has 7 unspecified atom stereocenters. The Bertz CT molecular complexity index is 1760. The molecule has 0 spiro atoms. The quantitative estimate of drug-likeness (QED) is 0.0195. The Morgan fingerprint density at radius 1 is 0.427 bits per heavy atom. The summed E-state index contributed by atoms with van der Waals surface area (Å²) >= 11 is 0. The number of rotatable bonds is 65. The van der Waals surface area contributed by atoms with E-state index >= 15 is 0 Å². The molecule has 516 valence electrons. The van der Waals surface area contributed by atoms with Gasteiger partial charge in [0.2, 0.25) is 5.91 Å². The number of allylic oxidation sites excluding steroid dienone is 13. The van der Waals surface area contributed by atoms with E-state index in [9.17, 15) is 35.1 Å². The SMILES string of the molecule is CC/C=C/CC/C=C/CC/C=C/C(O)C(COC1OC(CO)C(O)C(O)C1O)NC(=O)CCCCCCCCCCCCCCCCCCC/C=C\C/C=C\CCCCCCCCCCCCCCCOC(=O)CCCCCCC/C=C\C/C=C\CCCC. The van der Waals surface area contributed by atoms with Gasteiger partial charge < -0.3 is 45.1 Å². The Hall–Kier alpha value is -3.16. The lowest BCUT2D eigenvalue weighted by Gasteiger charge is -2.40. The zero-order chi connectivity index (χ0) is 64.4. The summed E-state index contributed by atoms with van der Waals surface area (Å²) in [5.74, 6) is -0.199. The Morgan fingerprint density at radius 2 is 0.798 bits per heavy atom. The molecule has 1 saturated heterocycles. The molecule has 7 atom stereocenters. The highest BCUT2D eigenvalue weighted by atomic mass is 16.7. The van der Waals surface area contributed by atoms with Gasteiger partial charge in [-0.2, -0.15) is 0 Å². The maximum Gasteiger partial charge on any atom is 0.305 e. The van der Waals surface area contributed by atoms with Crippen molar-refractivity contribution in [3.05, 3.63) is 85.1 Å². The van der Waals surface area contributed by atoms with Gasteiger partial charge in [0.25, 0.3) is 0 Å². The van der Waals surface area contributed by atoms with Gasteiger partial charge in [-0.05, 0) is 109 Å². The molecular weight excluding hydrogens is 1110 g/mol. The van der Waals surface area contributed by atoms with E-state index in [1.165, 1.54) is 225 Å². The molecule has 0 radical (unpaired) electrons. The fourth-order valence-electron chi connectivity index (χ4n) is 11.3. The van der Waals surface area contributed by atoms with Crippen molar-refractivity contribution in [1.29, 1.82) is 0 Å². The standard InChI is InChI=1S/C78H139NO10/c1-3-5-7-9-11-13-15-16-43-46-50-54-58-62-66-74(83)87-67-63-59-55-51-47-44-41-39-37-35-33-31-29-27-25-23-21-19-17-18-20-22-24-26-28-30-32-34-36-38-40-42-45-49-53-57-61-65-73(82)79-70(69-88-78-77(86)76(85)75(84)72(68-80)89-78)71(81)64-60-56-52-48-14-12-10-8-6-4-2/h6,8-9,11,14-17,19,23,25,48,60,64,70-72,75-78,80-81,84-86H,3-5,7,10,12-13,18,20-22,24,26-47,49-59,61-63,65-69H2,1-2H3,(H,79,82)/b8-6+,11-9-,16-15-,19-17-,25-23-,48-14+,64-60+. The second-order valence-corrected chi connectivity index (χ2v) is 25.6. The number of carbonyl (C=O) groups excluding carboxylic acids is 2. The van der Waals surface area contributed by atoms with Crippen molar-refractivity contribution in [3.63, 3.8) is 0 Å². The fourth-order valence-corrected chi connectivity index (χ4v) is 11.3. The number of aliphatic hydroxyl groups excluding tert-OH is 5. The second-order valence-electron chi connectivity index (χ2n) is 25.6. The molecule has 0 aromatic carbocycles. The van der Waals surface area contributed by atoms with Gasteiger partial charge in [0.1, 0.15) is 24.4 Å². The summed E-state index contributed by atoms with van der Waals surface area (Å²) in [6.45, 7) is 4.17. The van der Waals surface area contributed by atoms with E-state index in [0.717, 1.165) is 83.5 Å². The number of hydrogen-bond acceptors (Lipinski definition) is 10. The zero-order valence-electron chi connectivity index (χ0n) is 57.4. The molecule has 11 heteroatoms. The predicted molar refractivity (Wildman–Crippen MR) is 375 cm³/mol. The molecule has 0 saturated carbocycles. The Balaban J connectivity index is 1.90. The minimum absolute atomic E-state index is 0.00296. The highest BCUT2D eigenvalue weighted by Crippen LogP contribution is 2.23. The summed E-state index contributed by atoms with van der Waals surface area (Å²) in [6.07, 6.45) is 81.9. The van der Waals surface area contributed by atoms with E-state index in [2.05, 4.69) is 92.1 Å². The molecule has 1 aliphatic rings. The highest BCUT2D eigenvalue weighted by molar-refractivity contribution is 5.76. The monoisotopic (exact) mass is 1250 g/mol. The van der Waals surface area contributed by atoms with Gasteiger partial charge in [-0.15, -0.1) is 0 Å². The Labute approximate surface area is 546 Å². The van der Waals surface area contributed by atoms with Crippen molar-refractivity contribution in [2.75, 3.05) is 19.8 Å². The predicted octanol–water partition coefficient (Wildman–Crippen LogP) is 19.6. The van der Waals surface area contributed by atoms with Gasteiger partial charge >= 0.3 is 5.97 Å². The zero-order valence-corrected chi connectivity index (χ0v) is 57.4. The van der Waals surface area contributed by atoms with Crippen LogP contribution >= 0.6 is 0 Å². The Morgan fingerprint density at radius 3 is 1.22 bits per heavy atom. The van der Waals surface area contributed by atoms with Gasteiger partial charge in [0.05, 0.1) is 32.0 Å². The normalized spacial score (nSPS) is 18.2. The molecule has 1 amide bonds. The molecule has 89 heavy (non-hydrogen) atoms. The fraction of sp³-hybridized carbons (Fsp3) is 0.795. The van der Waals surface area contributed by atoms with E-state index in [1.807, 2.05) is 6.08 Å². The van der Waals surface area contributed by atoms with E-state index in [-0.39, 0.29) is 18.5 Å². The lowest BCUT2D eigenvalue weighted by Crippen LogP contribution is -2.60. The third-order valence-electron chi connectivity index (χ3n) is 17.2. The molecule has 0 bridgehead atoms. The minimum atomic E-state index is -1.58. The topological polar surface area (TPSA) is 175 Å². The lowest BCUT2D eigenvalue weighted by atomic mass is 9.99. The van der Waals surface area contributed by atoms with Gasteiger partial charge in [-0.3, -0.25) is 9.59 Å². The molecule has 0 aromatic heterocycles. The van der Waals surface area contributed by atoms with E-state index in [0.29, 0.717) is 19.4 Å². The highest BCUT2D eigenvalue weighted by Gasteiger charge is 2.44. The molecule has 0 aromatic rings. The van der Waals surface area contributed by atoms with Crippen LogP contribution in [0.3, 0.4) is 0 Å². The van der Waals surface area contributed by atoms with Gasteiger partial charge in [0, 0.05) is 12.8 Å². The number of hydrogen-bond donors (Lipinski definition) is 6. The summed E-state index contributed by atoms with van der Waals surface area (Å²) in [4.78, 5) is 25.1. The van der Waals surface area contributed by atoms with Gasteiger partial charge in [-0.25, -0.2) is 0 Å².